The Labute approximate surface area is 364 Å². The summed E-state index contributed by atoms with van der Waals surface area (Å²) in [5.41, 5.74) is 0.591. The largest absolute Gasteiger partial charge is 0.472 e. The zero-order chi connectivity index (χ0) is 47.7. The fraction of sp³-hybridized carbons (Fsp3) is 0.727. The van der Waals surface area contributed by atoms with Crippen molar-refractivity contribution >= 4 is 63.7 Å². The molecule has 64 heavy (non-hydrogen) atoms. The molecule has 3 rings (SSSR count). The van der Waals surface area contributed by atoms with Gasteiger partial charge in [0.25, 0.3) is 0 Å². The molecule has 2 aromatic rings. The van der Waals surface area contributed by atoms with Gasteiger partial charge in [-0.2, -0.15) is 0 Å². The van der Waals surface area contributed by atoms with Crippen LogP contribution >= 0.6 is 23.5 Å². The minimum atomic E-state index is -5.62. The van der Waals surface area contributed by atoms with Gasteiger partial charge in [-0.05, 0) is 48.5 Å². The van der Waals surface area contributed by atoms with Crippen molar-refractivity contribution in [2.24, 2.45) is 0 Å². The Balaban J connectivity index is 1.40. The molecule has 0 aliphatic heterocycles. The van der Waals surface area contributed by atoms with E-state index in [1.165, 1.54) is 12.1 Å². The van der Waals surface area contributed by atoms with Crippen molar-refractivity contribution in [3.05, 3.63) is 22.2 Å². The summed E-state index contributed by atoms with van der Waals surface area (Å²) in [6.45, 7) is 1.09. The van der Waals surface area contributed by atoms with Crippen molar-refractivity contribution in [3.8, 4) is 0 Å². The molecule has 1 fully saturated rings. The van der Waals surface area contributed by atoms with Crippen LogP contribution in [0, 0.1) is 10.1 Å². The van der Waals surface area contributed by atoms with Gasteiger partial charge < -0.3 is 59.9 Å². The number of nitro groups is 1. The van der Waals surface area contributed by atoms with Gasteiger partial charge in [-0.3, -0.25) is 42.6 Å². The van der Waals surface area contributed by atoms with E-state index in [-0.39, 0.29) is 41.9 Å². The fourth-order valence-electron chi connectivity index (χ4n) is 6.19. The Hall–Kier alpha value is -3.56. The lowest BCUT2D eigenvalue weighted by Crippen LogP contribution is -2.65. The summed E-state index contributed by atoms with van der Waals surface area (Å²) in [4.78, 5) is 95.0. The predicted octanol–water partition coefficient (Wildman–Crippen LogP) is 1.37. The number of esters is 2. The predicted molar refractivity (Wildman–Crippen MR) is 214 cm³/mol. The number of nitrogens with zero attached hydrogens (tertiary/aromatic N) is 3. The number of aromatic nitrogens is 2. The Morgan fingerprint density at radius 1 is 0.750 bits per heavy atom. The standard InChI is InChI=1S/C33H54N5O23P3/c1-2-3-6-13-25(41)57-20(19-56-64(53,54)60-31-28(42)29(43)32(58-62(47,48)49)33(30(31)44)59-63(50,51)52)18-55-24(40)12-8-5-10-17-35-23(39)11-7-4-9-16-34-21-14-15-22(38(45)46)27-26(21)36-61-37-27/h14-15,20,28-34,42-44H,2-13,16-19H2,1H3,(H,35,39)(H,53,54)(H2,47,48,49)(H2,50,51,52)/t20-,28-,29-,30+,31+,32+,33+/m1/s1. The van der Waals surface area contributed by atoms with E-state index in [4.69, 9.17) is 28.3 Å². The van der Waals surface area contributed by atoms with Crippen molar-refractivity contribution in [2.75, 3.05) is 31.6 Å². The molecule has 1 unspecified atom stereocenters. The van der Waals surface area contributed by atoms with Crippen molar-refractivity contribution in [1.82, 2.24) is 15.6 Å². The van der Waals surface area contributed by atoms with Gasteiger partial charge >= 0.3 is 41.1 Å². The van der Waals surface area contributed by atoms with Crippen LogP contribution in [0.1, 0.15) is 84.0 Å². The molecular formula is C33H54N5O23P3. The molecule has 0 bridgehead atoms. The summed E-state index contributed by atoms with van der Waals surface area (Å²) >= 11 is 0. The number of rotatable bonds is 30. The molecule has 1 heterocycles. The molecule has 1 aromatic heterocycles. The topological polar surface area (TPSA) is 426 Å². The second-order valence-corrected chi connectivity index (χ2v) is 18.2. The summed E-state index contributed by atoms with van der Waals surface area (Å²) < 4.78 is 69.1. The zero-order valence-corrected chi connectivity index (χ0v) is 37.1. The number of ether oxygens (including phenoxy) is 2. The molecule has 1 aliphatic rings. The number of aliphatic hydroxyl groups excluding tert-OH is 3. The number of phosphoric acid groups is 3. The van der Waals surface area contributed by atoms with Crippen LogP contribution in [0.15, 0.2) is 16.8 Å². The third-order valence-corrected chi connectivity index (χ3v) is 11.3. The quantitative estimate of drug-likeness (QED) is 0.0174. The SMILES string of the molecule is CCCCCC(=O)O[C@H](COC(=O)CCCCCNC(=O)CCCCCNc1ccc([N+](=O)[O-])c2nonc12)COP(=O)(O)O[C@H]1[C@H](O)[C@@H](O)[C@H](OP(=O)(O)O)[C@@H](OP(=O)(O)O)[C@H]1O. The molecule has 0 radical (unpaired) electrons. The zero-order valence-electron chi connectivity index (χ0n) is 34.4. The van der Waals surface area contributed by atoms with E-state index >= 15 is 0 Å². The number of carbonyl (C=O) groups excluding carboxylic acids is 3. The second-order valence-electron chi connectivity index (χ2n) is 14.4. The molecule has 0 spiro atoms. The molecule has 31 heteroatoms. The Morgan fingerprint density at radius 3 is 1.97 bits per heavy atom. The molecule has 364 valence electrons. The lowest BCUT2D eigenvalue weighted by molar-refractivity contribution is -0.383. The third kappa shape index (κ3) is 19.1. The lowest BCUT2D eigenvalue weighted by Gasteiger charge is -2.44. The number of benzene rings is 1. The number of amides is 1. The highest BCUT2D eigenvalue weighted by Crippen LogP contribution is 2.51. The van der Waals surface area contributed by atoms with E-state index < -0.39 is 96.3 Å². The van der Waals surface area contributed by atoms with Crippen LogP contribution in [0.5, 0.6) is 0 Å². The van der Waals surface area contributed by atoms with Crippen LogP contribution in [-0.4, -0.2) is 142 Å². The normalized spacial score (nSPS) is 21.8. The maximum absolute atomic E-state index is 12.9. The summed E-state index contributed by atoms with van der Waals surface area (Å²) in [6.07, 6.45) is -11.3. The maximum Gasteiger partial charge on any atom is 0.472 e. The van der Waals surface area contributed by atoms with Gasteiger partial charge in [0.1, 0.15) is 43.2 Å². The first-order valence-electron chi connectivity index (χ1n) is 19.9. The number of hydrogen-bond acceptors (Lipinski definition) is 21. The molecular weight excluding hydrogens is 927 g/mol. The highest BCUT2D eigenvalue weighted by atomic mass is 31.2. The number of nitro benzene ring substituents is 1. The van der Waals surface area contributed by atoms with E-state index in [0.29, 0.717) is 63.7 Å². The molecule has 28 nitrogen and oxygen atoms in total. The van der Waals surface area contributed by atoms with Crippen molar-refractivity contribution in [1.29, 1.82) is 0 Å². The summed E-state index contributed by atoms with van der Waals surface area (Å²) in [7, 11) is -16.7. The van der Waals surface area contributed by atoms with Crippen LogP contribution in [0.2, 0.25) is 0 Å². The first kappa shape index (κ1) is 54.8. The van der Waals surface area contributed by atoms with Gasteiger partial charge in [0.05, 0.1) is 17.2 Å². The van der Waals surface area contributed by atoms with Crippen LogP contribution in [-0.2, 0) is 55.6 Å². The molecule has 10 N–H and O–H groups in total. The van der Waals surface area contributed by atoms with Crippen molar-refractivity contribution < 1.29 is 105 Å². The number of fused-ring (bicyclic) bond motifs is 1. The van der Waals surface area contributed by atoms with Gasteiger partial charge in [0.15, 0.2) is 11.6 Å². The molecule has 1 aliphatic carbocycles. The smallest absolute Gasteiger partial charge is 0.462 e. The molecule has 0 saturated heterocycles. The van der Waals surface area contributed by atoms with Crippen LogP contribution in [0.25, 0.3) is 11.0 Å². The van der Waals surface area contributed by atoms with E-state index in [1.54, 1.807) is 0 Å². The van der Waals surface area contributed by atoms with Gasteiger partial charge in [-0.1, -0.05) is 32.6 Å². The minimum Gasteiger partial charge on any atom is -0.462 e. The van der Waals surface area contributed by atoms with Crippen LogP contribution in [0.4, 0.5) is 11.4 Å². The van der Waals surface area contributed by atoms with Crippen LogP contribution < -0.4 is 10.6 Å². The number of phosphoric ester groups is 3. The molecule has 1 amide bonds. The summed E-state index contributed by atoms with van der Waals surface area (Å²) in [6, 6.07) is 2.83. The van der Waals surface area contributed by atoms with Gasteiger partial charge in [-0.15, -0.1) is 0 Å². The monoisotopic (exact) mass is 981 g/mol. The molecule has 1 aromatic carbocycles. The first-order chi connectivity index (χ1) is 30.0. The number of unbranched alkanes of at least 4 members (excludes halogenated alkanes) is 6. The average Bonchev–Trinajstić information content (AvgIpc) is 3.70. The first-order valence-corrected chi connectivity index (χ1v) is 24.5. The number of non-ortho nitro benzene ring substituents is 1. The highest BCUT2D eigenvalue weighted by molar-refractivity contribution is 7.47. The Bertz CT molecular complexity index is 1980. The van der Waals surface area contributed by atoms with Gasteiger partial charge in [0, 0.05) is 38.4 Å². The minimum absolute atomic E-state index is 0.0372. The van der Waals surface area contributed by atoms with Crippen molar-refractivity contribution in [2.45, 2.75) is 127 Å². The van der Waals surface area contributed by atoms with E-state index in [9.17, 15) is 68.2 Å². The molecule has 1 saturated carbocycles. The number of hydrogen-bond donors (Lipinski definition) is 10. The molecule has 8 atom stereocenters. The fourth-order valence-corrected chi connectivity index (χ4v) is 8.29. The summed E-state index contributed by atoms with van der Waals surface area (Å²) in [5, 5.41) is 55.9. The lowest BCUT2D eigenvalue weighted by atomic mass is 9.85. The van der Waals surface area contributed by atoms with Gasteiger partial charge in [0.2, 0.25) is 11.4 Å². The average molecular weight is 982 g/mol. The summed E-state index contributed by atoms with van der Waals surface area (Å²) in [5.74, 6) is -1.68. The number of anilines is 1. The number of nitrogens with one attached hydrogen (secondary N) is 2. The van der Waals surface area contributed by atoms with E-state index in [2.05, 4.69) is 34.6 Å². The second kappa shape index (κ2) is 26.0. The Morgan fingerprint density at radius 2 is 1.33 bits per heavy atom. The van der Waals surface area contributed by atoms with E-state index in [1.807, 2.05) is 6.92 Å². The number of carbonyl (C=O) groups is 3. The highest BCUT2D eigenvalue weighted by Gasteiger charge is 2.56. The van der Waals surface area contributed by atoms with Crippen molar-refractivity contribution in [3.63, 3.8) is 0 Å². The Kier molecular flexibility index (Phi) is 22.2. The van der Waals surface area contributed by atoms with E-state index in [0.717, 1.165) is 12.8 Å². The van der Waals surface area contributed by atoms with Gasteiger partial charge in [-0.25, -0.2) is 18.3 Å². The number of aliphatic hydroxyl groups is 3. The van der Waals surface area contributed by atoms with Crippen LogP contribution in [0.3, 0.4) is 0 Å². The third-order valence-electron chi connectivity index (χ3n) is 9.30. The maximum atomic E-state index is 12.9.